The lowest BCUT2D eigenvalue weighted by Gasteiger charge is -2.11. The largest absolute Gasteiger partial charge is 0.339 e. The highest BCUT2D eigenvalue weighted by Crippen LogP contribution is 2.22. The van der Waals surface area contributed by atoms with Gasteiger partial charge in [-0.2, -0.15) is 10.1 Å². The highest BCUT2D eigenvalue weighted by Gasteiger charge is 2.05. The summed E-state index contributed by atoms with van der Waals surface area (Å²) in [5.41, 5.74) is 6.71. The van der Waals surface area contributed by atoms with Crippen LogP contribution in [-0.2, 0) is 0 Å². The van der Waals surface area contributed by atoms with Crippen molar-refractivity contribution >= 4 is 23.1 Å². The molecule has 0 aliphatic rings. The molecule has 0 fully saturated rings. The minimum absolute atomic E-state index is 0.468. The van der Waals surface area contributed by atoms with Gasteiger partial charge < -0.3 is 10.6 Å². The summed E-state index contributed by atoms with van der Waals surface area (Å²) in [4.78, 5) is 4.50. The number of anilines is 4. The lowest BCUT2D eigenvalue weighted by atomic mass is 10.1. The van der Waals surface area contributed by atoms with Gasteiger partial charge in [-0.3, -0.25) is 0 Å². The molecule has 1 heterocycles. The fourth-order valence-corrected chi connectivity index (χ4v) is 2.60. The lowest BCUT2D eigenvalue weighted by Crippen LogP contribution is -2.03. The van der Waals surface area contributed by atoms with Gasteiger partial charge in [0, 0.05) is 11.4 Å². The van der Waals surface area contributed by atoms with E-state index in [9.17, 15) is 0 Å². The minimum atomic E-state index is 0.468. The Morgan fingerprint density at radius 3 is 2.29 bits per heavy atom. The molecular weight excluding hydrogens is 298 g/mol. The summed E-state index contributed by atoms with van der Waals surface area (Å²) in [5.74, 6) is 1.13. The number of aromatic nitrogens is 3. The van der Waals surface area contributed by atoms with Crippen molar-refractivity contribution in [3.05, 3.63) is 64.8 Å². The van der Waals surface area contributed by atoms with Crippen molar-refractivity contribution in [1.29, 1.82) is 0 Å². The molecule has 0 amide bonds. The highest BCUT2D eigenvalue weighted by atomic mass is 15.3. The molecule has 0 atom stereocenters. The van der Waals surface area contributed by atoms with Gasteiger partial charge in [0.15, 0.2) is 5.82 Å². The Balaban J connectivity index is 1.82. The second-order valence-corrected chi connectivity index (χ2v) is 6.11. The van der Waals surface area contributed by atoms with Crippen molar-refractivity contribution < 1.29 is 0 Å². The summed E-state index contributed by atoms with van der Waals surface area (Å²) < 4.78 is 0. The number of hydrogen-bond acceptors (Lipinski definition) is 5. The molecule has 3 rings (SSSR count). The van der Waals surface area contributed by atoms with Gasteiger partial charge >= 0.3 is 0 Å². The number of aryl methyl sites for hydroxylation is 4. The maximum Gasteiger partial charge on any atom is 0.249 e. The van der Waals surface area contributed by atoms with E-state index < -0.39 is 0 Å². The average Bonchev–Trinajstić information content (AvgIpc) is 2.50. The van der Waals surface area contributed by atoms with E-state index in [1.807, 2.05) is 0 Å². The smallest absolute Gasteiger partial charge is 0.249 e. The first-order valence-corrected chi connectivity index (χ1v) is 7.89. The van der Waals surface area contributed by atoms with Crippen LogP contribution in [0.4, 0.5) is 23.1 Å². The number of benzene rings is 2. The summed E-state index contributed by atoms with van der Waals surface area (Å²) in [7, 11) is 0. The van der Waals surface area contributed by atoms with Crippen molar-refractivity contribution in [3.63, 3.8) is 0 Å². The molecule has 0 bridgehead atoms. The second-order valence-electron chi connectivity index (χ2n) is 6.11. The van der Waals surface area contributed by atoms with Crippen LogP contribution in [0.5, 0.6) is 0 Å². The van der Waals surface area contributed by atoms with Crippen LogP contribution in [0.15, 0.2) is 42.6 Å². The molecule has 122 valence electrons. The molecule has 3 aromatic rings. The van der Waals surface area contributed by atoms with Crippen LogP contribution in [0, 0.1) is 27.7 Å². The zero-order chi connectivity index (χ0) is 17.1. The van der Waals surface area contributed by atoms with Crippen molar-refractivity contribution in [2.24, 2.45) is 0 Å². The molecule has 1 aromatic heterocycles. The first-order chi connectivity index (χ1) is 11.5. The Kier molecular flexibility index (Phi) is 4.42. The Labute approximate surface area is 142 Å². The summed E-state index contributed by atoms with van der Waals surface area (Å²) in [6, 6.07) is 12.5. The molecule has 24 heavy (non-hydrogen) atoms. The molecule has 0 saturated heterocycles. The molecule has 0 saturated carbocycles. The molecular formula is C19H21N5. The number of rotatable bonds is 4. The second kappa shape index (κ2) is 6.66. The molecule has 5 heteroatoms. The van der Waals surface area contributed by atoms with Crippen molar-refractivity contribution in [1.82, 2.24) is 15.2 Å². The maximum atomic E-state index is 4.50. The first kappa shape index (κ1) is 15.9. The van der Waals surface area contributed by atoms with Gasteiger partial charge in [0.25, 0.3) is 0 Å². The first-order valence-electron chi connectivity index (χ1n) is 7.89. The normalized spacial score (nSPS) is 10.5. The Morgan fingerprint density at radius 2 is 1.54 bits per heavy atom. The topological polar surface area (TPSA) is 62.7 Å². The highest BCUT2D eigenvalue weighted by molar-refractivity contribution is 5.62. The third-order valence-electron chi connectivity index (χ3n) is 3.69. The van der Waals surface area contributed by atoms with Gasteiger partial charge in [0.2, 0.25) is 5.95 Å². The summed E-state index contributed by atoms with van der Waals surface area (Å²) in [5, 5.41) is 14.6. The Bertz CT molecular complexity index is 853. The van der Waals surface area contributed by atoms with E-state index in [1.54, 1.807) is 6.20 Å². The fraction of sp³-hybridized carbons (Fsp3) is 0.211. The average molecular weight is 319 g/mol. The maximum absolute atomic E-state index is 4.50. The van der Waals surface area contributed by atoms with E-state index in [-0.39, 0.29) is 0 Å². The molecule has 0 unspecified atom stereocenters. The van der Waals surface area contributed by atoms with Crippen LogP contribution in [0.25, 0.3) is 0 Å². The predicted octanol–water partition coefficient (Wildman–Crippen LogP) is 4.59. The van der Waals surface area contributed by atoms with Crippen LogP contribution >= 0.6 is 0 Å². The monoisotopic (exact) mass is 319 g/mol. The number of hydrogen-bond donors (Lipinski definition) is 2. The standard InChI is InChI=1S/C19H21N5/c1-12-5-6-15(4)17(10-12)22-18-11-20-24-19(23-18)21-16-8-13(2)7-14(3)9-16/h5-11H,1-4H3,(H2,21,22,23,24). The molecule has 0 spiro atoms. The van der Waals surface area contributed by atoms with Crippen molar-refractivity contribution in [2.75, 3.05) is 10.6 Å². The minimum Gasteiger partial charge on any atom is -0.339 e. The van der Waals surface area contributed by atoms with Gasteiger partial charge in [0.05, 0.1) is 6.20 Å². The summed E-state index contributed by atoms with van der Waals surface area (Å²) in [6.07, 6.45) is 1.62. The SMILES string of the molecule is Cc1cc(C)cc(Nc2nncc(Nc3cc(C)ccc3C)n2)c1. The van der Waals surface area contributed by atoms with Crippen LogP contribution < -0.4 is 10.6 Å². The van der Waals surface area contributed by atoms with Crippen LogP contribution in [0.1, 0.15) is 22.3 Å². The third-order valence-corrected chi connectivity index (χ3v) is 3.69. The molecule has 2 aromatic carbocycles. The van der Waals surface area contributed by atoms with E-state index in [2.05, 4.69) is 89.9 Å². The van der Waals surface area contributed by atoms with Gasteiger partial charge in [-0.25, -0.2) is 0 Å². The Morgan fingerprint density at radius 1 is 0.792 bits per heavy atom. The lowest BCUT2D eigenvalue weighted by molar-refractivity contribution is 0.982. The predicted molar refractivity (Wildman–Crippen MR) is 98.2 cm³/mol. The van der Waals surface area contributed by atoms with Gasteiger partial charge in [0.1, 0.15) is 0 Å². The van der Waals surface area contributed by atoms with Crippen LogP contribution in [-0.4, -0.2) is 15.2 Å². The summed E-state index contributed by atoms with van der Waals surface area (Å²) in [6.45, 7) is 8.26. The molecule has 2 N–H and O–H groups in total. The molecule has 0 aliphatic carbocycles. The van der Waals surface area contributed by atoms with Gasteiger partial charge in [-0.1, -0.05) is 18.2 Å². The van der Waals surface area contributed by atoms with E-state index in [1.165, 1.54) is 16.7 Å². The quantitative estimate of drug-likeness (QED) is 0.736. The molecule has 0 radical (unpaired) electrons. The van der Waals surface area contributed by atoms with Gasteiger partial charge in [-0.15, -0.1) is 5.10 Å². The van der Waals surface area contributed by atoms with E-state index >= 15 is 0 Å². The number of nitrogens with zero attached hydrogens (tertiary/aromatic N) is 3. The third kappa shape index (κ3) is 3.87. The molecule has 0 aliphatic heterocycles. The van der Waals surface area contributed by atoms with Crippen molar-refractivity contribution in [3.8, 4) is 0 Å². The fourth-order valence-electron chi connectivity index (χ4n) is 2.60. The summed E-state index contributed by atoms with van der Waals surface area (Å²) >= 11 is 0. The van der Waals surface area contributed by atoms with Crippen LogP contribution in [0.3, 0.4) is 0 Å². The van der Waals surface area contributed by atoms with E-state index in [0.717, 1.165) is 16.9 Å². The van der Waals surface area contributed by atoms with Gasteiger partial charge in [-0.05, 0) is 68.1 Å². The van der Waals surface area contributed by atoms with Crippen LogP contribution in [0.2, 0.25) is 0 Å². The molecule has 5 nitrogen and oxygen atoms in total. The zero-order valence-electron chi connectivity index (χ0n) is 14.4. The van der Waals surface area contributed by atoms with Crippen molar-refractivity contribution in [2.45, 2.75) is 27.7 Å². The van der Waals surface area contributed by atoms with E-state index in [0.29, 0.717) is 11.8 Å². The zero-order valence-corrected chi connectivity index (χ0v) is 14.4. The Hall–Kier alpha value is -2.95. The number of nitrogens with one attached hydrogen (secondary N) is 2. The van der Waals surface area contributed by atoms with E-state index in [4.69, 9.17) is 0 Å².